The molecule has 0 aromatic heterocycles. The van der Waals surface area contributed by atoms with Crippen molar-refractivity contribution in [3.63, 3.8) is 0 Å². The summed E-state index contributed by atoms with van der Waals surface area (Å²) in [6.45, 7) is 6.27. The van der Waals surface area contributed by atoms with Gasteiger partial charge in [0.05, 0.1) is 18.8 Å². The minimum Gasteiger partial charge on any atom is -0.383 e. The summed E-state index contributed by atoms with van der Waals surface area (Å²) >= 11 is 0. The summed E-state index contributed by atoms with van der Waals surface area (Å²) in [6.07, 6.45) is 2.56. The van der Waals surface area contributed by atoms with E-state index in [-0.39, 0.29) is 5.54 Å². The van der Waals surface area contributed by atoms with Crippen molar-refractivity contribution in [1.82, 2.24) is 4.90 Å². The van der Waals surface area contributed by atoms with Crippen molar-refractivity contribution in [2.75, 3.05) is 47.1 Å². The van der Waals surface area contributed by atoms with Crippen molar-refractivity contribution < 1.29 is 9.47 Å². The molecule has 0 amide bonds. The molecule has 1 aliphatic carbocycles. The van der Waals surface area contributed by atoms with Gasteiger partial charge in [-0.05, 0) is 25.3 Å². The predicted molar refractivity (Wildman–Crippen MR) is 65.5 cm³/mol. The van der Waals surface area contributed by atoms with Gasteiger partial charge in [-0.3, -0.25) is 4.90 Å². The lowest BCUT2D eigenvalue weighted by molar-refractivity contribution is -0.00966. The first-order valence-corrected chi connectivity index (χ1v) is 6.18. The van der Waals surface area contributed by atoms with Gasteiger partial charge in [-0.1, -0.05) is 6.92 Å². The minimum absolute atomic E-state index is 0.0298. The highest BCUT2D eigenvalue weighted by Crippen LogP contribution is 2.42. The molecular weight excluding hydrogens is 204 g/mol. The number of nitrogens with two attached hydrogens (primary N) is 1. The zero-order chi connectivity index (χ0) is 12.0. The molecule has 0 heterocycles. The number of ether oxygens (including phenoxy) is 2. The Labute approximate surface area is 99.1 Å². The summed E-state index contributed by atoms with van der Waals surface area (Å²) < 4.78 is 10.6. The maximum Gasteiger partial charge on any atom is 0.0661 e. The molecule has 0 bridgehead atoms. The van der Waals surface area contributed by atoms with E-state index < -0.39 is 0 Å². The van der Waals surface area contributed by atoms with Gasteiger partial charge in [-0.2, -0.15) is 0 Å². The molecule has 1 rings (SSSR count). The fraction of sp³-hybridized carbons (Fsp3) is 1.00. The fourth-order valence-electron chi connectivity index (χ4n) is 2.59. The van der Waals surface area contributed by atoms with Crippen molar-refractivity contribution in [3.8, 4) is 0 Å². The average Bonchev–Trinajstić information content (AvgIpc) is 3.12. The van der Waals surface area contributed by atoms with Crippen LogP contribution < -0.4 is 5.73 Å². The largest absolute Gasteiger partial charge is 0.383 e. The van der Waals surface area contributed by atoms with Crippen LogP contribution in [0.1, 0.15) is 19.8 Å². The molecule has 0 radical (unpaired) electrons. The van der Waals surface area contributed by atoms with Crippen LogP contribution in [-0.2, 0) is 9.47 Å². The van der Waals surface area contributed by atoms with Crippen LogP contribution in [0.3, 0.4) is 0 Å². The lowest BCUT2D eigenvalue weighted by Crippen LogP contribution is -2.59. The lowest BCUT2D eigenvalue weighted by Gasteiger charge is -2.43. The van der Waals surface area contributed by atoms with Crippen molar-refractivity contribution >= 4 is 0 Å². The number of hydrogen-bond acceptors (Lipinski definition) is 4. The molecule has 1 atom stereocenters. The summed E-state index contributed by atoms with van der Waals surface area (Å²) in [6, 6.07) is 0. The quantitative estimate of drug-likeness (QED) is 0.634. The normalized spacial score (nSPS) is 20.1. The van der Waals surface area contributed by atoms with E-state index in [1.54, 1.807) is 14.2 Å². The van der Waals surface area contributed by atoms with Gasteiger partial charge >= 0.3 is 0 Å². The molecule has 1 aliphatic rings. The Balaban J connectivity index is 2.69. The van der Waals surface area contributed by atoms with E-state index in [0.717, 1.165) is 26.3 Å². The molecule has 16 heavy (non-hydrogen) atoms. The Morgan fingerprint density at radius 2 is 2.00 bits per heavy atom. The van der Waals surface area contributed by atoms with Crippen LogP contribution in [0.4, 0.5) is 0 Å². The number of hydrogen-bond donors (Lipinski definition) is 1. The average molecular weight is 230 g/mol. The second-order valence-electron chi connectivity index (χ2n) is 4.59. The molecular formula is C12H26N2O2. The van der Waals surface area contributed by atoms with Gasteiger partial charge in [-0.25, -0.2) is 0 Å². The first kappa shape index (κ1) is 13.9. The molecule has 0 spiro atoms. The van der Waals surface area contributed by atoms with E-state index in [9.17, 15) is 0 Å². The topological polar surface area (TPSA) is 47.7 Å². The van der Waals surface area contributed by atoms with Crippen molar-refractivity contribution in [1.29, 1.82) is 0 Å². The van der Waals surface area contributed by atoms with Crippen LogP contribution in [0.25, 0.3) is 0 Å². The second-order valence-corrected chi connectivity index (χ2v) is 4.59. The standard InChI is InChI=1S/C12H26N2O2/c1-4-14(7-8-15-2)12(9-13,10-16-3)11-5-6-11/h11H,4-10,13H2,1-3H3. The third-order valence-electron chi connectivity index (χ3n) is 3.66. The number of methoxy groups -OCH3 is 2. The van der Waals surface area contributed by atoms with Gasteiger partial charge in [0.25, 0.3) is 0 Å². The van der Waals surface area contributed by atoms with Crippen LogP contribution in [0.5, 0.6) is 0 Å². The van der Waals surface area contributed by atoms with E-state index in [0.29, 0.717) is 12.5 Å². The maximum atomic E-state index is 6.02. The monoisotopic (exact) mass is 230 g/mol. The Bertz CT molecular complexity index is 197. The van der Waals surface area contributed by atoms with E-state index in [1.807, 2.05) is 0 Å². The molecule has 0 saturated heterocycles. The Kier molecular flexibility index (Phi) is 5.69. The SMILES string of the molecule is CCN(CCOC)C(CN)(COC)C1CC1. The van der Waals surface area contributed by atoms with E-state index in [2.05, 4.69) is 11.8 Å². The Morgan fingerprint density at radius 1 is 1.31 bits per heavy atom. The van der Waals surface area contributed by atoms with Gasteiger partial charge < -0.3 is 15.2 Å². The third kappa shape index (κ3) is 2.94. The first-order chi connectivity index (χ1) is 7.75. The van der Waals surface area contributed by atoms with Crippen molar-refractivity contribution in [2.24, 2.45) is 11.7 Å². The molecule has 2 N–H and O–H groups in total. The first-order valence-electron chi connectivity index (χ1n) is 6.18. The minimum atomic E-state index is 0.0298. The molecule has 0 aromatic carbocycles. The highest BCUT2D eigenvalue weighted by molar-refractivity contribution is 5.03. The van der Waals surface area contributed by atoms with Gasteiger partial charge in [0.1, 0.15) is 0 Å². The molecule has 1 unspecified atom stereocenters. The molecule has 0 aliphatic heterocycles. The lowest BCUT2D eigenvalue weighted by atomic mass is 9.91. The maximum absolute atomic E-state index is 6.02. The van der Waals surface area contributed by atoms with Gasteiger partial charge in [0, 0.05) is 27.3 Å². The molecule has 1 fully saturated rings. The Hall–Kier alpha value is -0.160. The number of likely N-dealkylation sites (N-methyl/N-ethyl adjacent to an activating group) is 1. The third-order valence-corrected chi connectivity index (χ3v) is 3.66. The van der Waals surface area contributed by atoms with Gasteiger partial charge in [-0.15, -0.1) is 0 Å². The summed E-state index contributed by atoms with van der Waals surface area (Å²) in [4.78, 5) is 2.43. The highest BCUT2D eigenvalue weighted by Gasteiger charge is 2.47. The van der Waals surface area contributed by atoms with Crippen molar-refractivity contribution in [2.45, 2.75) is 25.3 Å². The molecule has 4 heteroatoms. The van der Waals surface area contributed by atoms with Crippen LogP contribution in [0, 0.1) is 5.92 Å². The Morgan fingerprint density at radius 3 is 2.38 bits per heavy atom. The van der Waals surface area contributed by atoms with E-state index in [4.69, 9.17) is 15.2 Å². The number of nitrogens with zero attached hydrogens (tertiary/aromatic N) is 1. The van der Waals surface area contributed by atoms with Crippen LogP contribution >= 0.6 is 0 Å². The van der Waals surface area contributed by atoms with Gasteiger partial charge in [0.2, 0.25) is 0 Å². The van der Waals surface area contributed by atoms with Crippen LogP contribution in [0.15, 0.2) is 0 Å². The zero-order valence-electron chi connectivity index (χ0n) is 10.9. The molecule has 1 saturated carbocycles. The molecule has 0 aromatic rings. The second kappa shape index (κ2) is 6.55. The van der Waals surface area contributed by atoms with Gasteiger partial charge in [0.15, 0.2) is 0 Å². The highest BCUT2D eigenvalue weighted by atomic mass is 16.5. The smallest absolute Gasteiger partial charge is 0.0661 e. The van der Waals surface area contributed by atoms with E-state index >= 15 is 0 Å². The fourth-order valence-corrected chi connectivity index (χ4v) is 2.59. The summed E-state index contributed by atoms with van der Waals surface area (Å²) in [7, 11) is 3.50. The van der Waals surface area contributed by atoms with Crippen LogP contribution in [0.2, 0.25) is 0 Å². The molecule has 96 valence electrons. The predicted octanol–water partition coefficient (Wildman–Crippen LogP) is 0.709. The number of rotatable bonds is 9. The van der Waals surface area contributed by atoms with Crippen molar-refractivity contribution in [3.05, 3.63) is 0 Å². The molecule has 4 nitrogen and oxygen atoms in total. The summed E-state index contributed by atoms with van der Waals surface area (Å²) in [5.41, 5.74) is 6.05. The van der Waals surface area contributed by atoms with Crippen LogP contribution in [-0.4, -0.2) is 57.5 Å². The zero-order valence-corrected chi connectivity index (χ0v) is 10.9. The summed E-state index contributed by atoms with van der Waals surface area (Å²) in [5.74, 6) is 0.703. The van der Waals surface area contributed by atoms with E-state index in [1.165, 1.54) is 12.8 Å². The summed E-state index contributed by atoms with van der Waals surface area (Å²) in [5, 5.41) is 0.